The number of aliphatic hydroxyl groups excluding tert-OH is 1. The Balaban J connectivity index is 2.55. The summed E-state index contributed by atoms with van der Waals surface area (Å²) in [5.74, 6) is -0.549. The monoisotopic (exact) mass is 218 g/mol. The molecule has 2 N–H and O–H groups in total. The Kier molecular flexibility index (Phi) is 4.95. The molecule has 0 aliphatic heterocycles. The van der Waals surface area contributed by atoms with E-state index in [2.05, 4.69) is 10.5 Å². The molecule has 0 bridgehead atoms. The molecule has 1 rings (SSSR count). The molecule has 4 heteroatoms. The van der Waals surface area contributed by atoms with E-state index < -0.39 is 12.0 Å². The van der Waals surface area contributed by atoms with Crippen LogP contribution in [-0.2, 0) is 4.79 Å². The molecule has 1 aromatic rings. The van der Waals surface area contributed by atoms with E-state index in [1.807, 2.05) is 13.0 Å². The fourth-order valence-electron chi connectivity index (χ4n) is 1.08. The molecule has 0 aliphatic carbocycles. The number of carbonyl (C=O) groups excluding carboxylic acids is 1. The molecule has 0 spiro atoms. The summed E-state index contributed by atoms with van der Waals surface area (Å²) in [6, 6.07) is 8.70. The number of rotatable bonds is 4. The lowest BCUT2D eigenvalue weighted by molar-refractivity contribution is -0.129. The maximum atomic E-state index is 11.4. The Morgan fingerprint density at radius 1 is 1.44 bits per heavy atom. The van der Waals surface area contributed by atoms with Gasteiger partial charge in [-0.05, 0) is 18.6 Å². The molecule has 1 amide bonds. The van der Waals surface area contributed by atoms with Crippen molar-refractivity contribution in [1.82, 2.24) is 5.43 Å². The zero-order valence-corrected chi connectivity index (χ0v) is 9.00. The lowest BCUT2D eigenvalue weighted by Crippen LogP contribution is -2.24. The Morgan fingerprint density at radius 3 is 2.75 bits per heavy atom. The third-order valence-corrected chi connectivity index (χ3v) is 1.89. The van der Waals surface area contributed by atoms with E-state index in [9.17, 15) is 9.90 Å². The molecular formula is C12H14N2O2. The molecular weight excluding hydrogens is 204 g/mol. The molecule has 0 saturated carbocycles. The summed E-state index contributed by atoms with van der Waals surface area (Å²) in [7, 11) is 0. The Morgan fingerprint density at radius 2 is 2.12 bits per heavy atom. The van der Waals surface area contributed by atoms with Gasteiger partial charge in [0.2, 0.25) is 0 Å². The number of amides is 1. The molecule has 0 saturated heterocycles. The lowest BCUT2D eigenvalue weighted by Gasteiger charge is -2.08. The minimum Gasteiger partial charge on any atom is -0.378 e. The zero-order valence-electron chi connectivity index (χ0n) is 9.00. The van der Waals surface area contributed by atoms with Crippen LogP contribution in [0.2, 0.25) is 0 Å². The molecule has 0 radical (unpaired) electrons. The Bertz CT molecular complexity index is 385. The number of allylic oxidation sites excluding steroid dienone is 2. The summed E-state index contributed by atoms with van der Waals surface area (Å²) < 4.78 is 0. The van der Waals surface area contributed by atoms with Crippen molar-refractivity contribution in [2.75, 3.05) is 0 Å². The predicted octanol–water partition coefficient (Wildman–Crippen LogP) is 1.40. The molecule has 84 valence electrons. The third kappa shape index (κ3) is 3.67. The van der Waals surface area contributed by atoms with E-state index in [0.717, 1.165) is 0 Å². The predicted molar refractivity (Wildman–Crippen MR) is 62.9 cm³/mol. The van der Waals surface area contributed by atoms with Gasteiger partial charge in [-0.15, -0.1) is 0 Å². The number of hydrogen-bond acceptors (Lipinski definition) is 3. The van der Waals surface area contributed by atoms with E-state index in [1.165, 1.54) is 6.21 Å². The van der Waals surface area contributed by atoms with Crippen molar-refractivity contribution in [1.29, 1.82) is 0 Å². The van der Waals surface area contributed by atoms with Gasteiger partial charge in [0.15, 0.2) is 6.10 Å². The standard InChI is InChI=1S/C12H14N2O2/c1-2-3-9-13-14-12(16)11(15)10-7-5-4-6-8-10/h2-9,11,15H,1H3,(H,14,16)/b3-2+,13-9+. The van der Waals surface area contributed by atoms with Crippen molar-refractivity contribution in [3.05, 3.63) is 48.0 Å². The fourth-order valence-corrected chi connectivity index (χ4v) is 1.08. The molecule has 0 fully saturated rings. The highest BCUT2D eigenvalue weighted by Crippen LogP contribution is 2.11. The molecule has 1 unspecified atom stereocenters. The minimum absolute atomic E-state index is 0.543. The first kappa shape index (κ1) is 12.1. The highest BCUT2D eigenvalue weighted by Gasteiger charge is 2.15. The van der Waals surface area contributed by atoms with Crippen LogP contribution in [0.4, 0.5) is 0 Å². The molecule has 1 atom stereocenters. The average Bonchev–Trinajstić information content (AvgIpc) is 2.34. The largest absolute Gasteiger partial charge is 0.378 e. The van der Waals surface area contributed by atoms with Crippen molar-refractivity contribution in [3.63, 3.8) is 0 Å². The second-order valence-electron chi connectivity index (χ2n) is 3.09. The second-order valence-corrected chi connectivity index (χ2v) is 3.09. The Labute approximate surface area is 94.3 Å². The summed E-state index contributed by atoms with van der Waals surface area (Å²) >= 11 is 0. The third-order valence-electron chi connectivity index (χ3n) is 1.89. The van der Waals surface area contributed by atoms with Gasteiger partial charge in [-0.1, -0.05) is 36.4 Å². The summed E-state index contributed by atoms with van der Waals surface area (Å²) in [5, 5.41) is 13.3. The van der Waals surface area contributed by atoms with Gasteiger partial charge in [-0.2, -0.15) is 5.10 Å². The van der Waals surface area contributed by atoms with Gasteiger partial charge in [-0.3, -0.25) is 4.79 Å². The maximum absolute atomic E-state index is 11.4. The van der Waals surface area contributed by atoms with E-state index in [1.54, 1.807) is 36.4 Å². The van der Waals surface area contributed by atoms with E-state index in [-0.39, 0.29) is 0 Å². The van der Waals surface area contributed by atoms with Gasteiger partial charge in [0.1, 0.15) is 0 Å². The SMILES string of the molecule is C/C=C/C=N/NC(=O)C(O)c1ccccc1. The second kappa shape index (κ2) is 6.53. The van der Waals surface area contributed by atoms with Gasteiger partial charge in [0.25, 0.3) is 5.91 Å². The van der Waals surface area contributed by atoms with Crippen molar-refractivity contribution in [2.45, 2.75) is 13.0 Å². The first-order chi connectivity index (χ1) is 7.75. The zero-order chi connectivity index (χ0) is 11.8. The van der Waals surface area contributed by atoms with Crippen LogP contribution < -0.4 is 5.43 Å². The molecule has 0 aromatic heterocycles. The van der Waals surface area contributed by atoms with Crippen molar-refractivity contribution in [2.24, 2.45) is 5.10 Å². The topological polar surface area (TPSA) is 61.7 Å². The van der Waals surface area contributed by atoms with Crippen molar-refractivity contribution < 1.29 is 9.90 Å². The molecule has 1 aromatic carbocycles. The molecule has 0 aliphatic rings. The molecule has 4 nitrogen and oxygen atoms in total. The maximum Gasteiger partial charge on any atom is 0.273 e. The average molecular weight is 218 g/mol. The normalized spacial score (nSPS) is 13.1. The van der Waals surface area contributed by atoms with Crippen LogP contribution in [0.15, 0.2) is 47.6 Å². The number of hydrogen-bond donors (Lipinski definition) is 2. The van der Waals surface area contributed by atoms with E-state index in [0.29, 0.717) is 5.56 Å². The summed E-state index contributed by atoms with van der Waals surface area (Å²) in [6.45, 7) is 1.84. The van der Waals surface area contributed by atoms with Crippen LogP contribution in [0.25, 0.3) is 0 Å². The highest BCUT2D eigenvalue weighted by atomic mass is 16.3. The van der Waals surface area contributed by atoms with Crippen LogP contribution in [0.1, 0.15) is 18.6 Å². The number of nitrogens with one attached hydrogen (secondary N) is 1. The van der Waals surface area contributed by atoms with E-state index in [4.69, 9.17) is 0 Å². The van der Waals surface area contributed by atoms with Gasteiger partial charge in [-0.25, -0.2) is 5.43 Å². The van der Waals surface area contributed by atoms with Crippen LogP contribution in [0.5, 0.6) is 0 Å². The number of hydrazone groups is 1. The number of aliphatic hydroxyl groups is 1. The van der Waals surface area contributed by atoms with Gasteiger partial charge in [0, 0.05) is 6.21 Å². The smallest absolute Gasteiger partial charge is 0.273 e. The number of carbonyl (C=O) groups is 1. The highest BCUT2D eigenvalue weighted by molar-refractivity contribution is 5.83. The van der Waals surface area contributed by atoms with E-state index >= 15 is 0 Å². The number of benzene rings is 1. The minimum atomic E-state index is -1.19. The molecule has 0 heterocycles. The van der Waals surface area contributed by atoms with Crippen LogP contribution >= 0.6 is 0 Å². The fraction of sp³-hybridized carbons (Fsp3) is 0.167. The van der Waals surface area contributed by atoms with Gasteiger partial charge < -0.3 is 5.11 Å². The van der Waals surface area contributed by atoms with Crippen LogP contribution in [-0.4, -0.2) is 17.2 Å². The Hall–Kier alpha value is -1.94. The summed E-state index contributed by atoms with van der Waals surface area (Å²) in [6.07, 6.45) is 3.71. The van der Waals surface area contributed by atoms with Crippen molar-refractivity contribution in [3.8, 4) is 0 Å². The quantitative estimate of drug-likeness (QED) is 0.592. The first-order valence-electron chi connectivity index (χ1n) is 4.93. The number of nitrogens with zero attached hydrogens (tertiary/aromatic N) is 1. The molecule has 16 heavy (non-hydrogen) atoms. The summed E-state index contributed by atoms with van der Waals surface area (Å²) in [4.78, 5) is 11.4. The van der Waals surface area contributed by atoms with Crippen LogP contribution in [0, 0.1) is 0 Å². The van der Waals surface area contributed by atoms with Crippen molar-refractivity contribution >= 4 is 12.1 Å². The first-order valence-corrected chi connectivity index (χ1v) is 4.93. The van der Waals surface area contributed by atoms with Gasteiger partial charge >= 0.3 is 0 Å². The lowest BCUT2D eigenvalue weighted by atomic mass is 10.1. The van der Waals surface area contributed by atoms with Crippen LogP contribution in [0.3, 0.4) is 0 Å². The van der Waals surface area contributed by atoms with Gasteiger partial charge in [0.05, 0.1) is 0 Å². The summed E-state index contributed by atoms with van der Waals surface area (Å²) in [5.41, 5.74) is 2.79.